The van der Waals surface area contributed by atoms with Crippen LogP contribution >= 0.6 is 0 Å². The molecule has 0 aliphatic carbocycles. The van der Waals surface area contributed by atoms with Crippen LogP contribution in [0.5, 0.6) is 0 Å². The van der Waals surface area contributed by atoms with Gasteiger partial charge in [-0.2, -0.15) is 9.78 Å². The van der Waals surface area contributed by atoms with Crippen LogP contribution in [0.25, 0.3) is 22.6 Å². The lowest BCUT2D eigenvalue weighted by Crippen LogP contribution is -2.15. The van der Waals surface area contributed by atoms with Crippen molar-refractivity contribution in [2.75, 3.05) is 7.11 Å². The summed E-state index contributed by atoms with van der Waals surface area (Å²) in [6, 6.07) is 15.9. The Labute approximate surface area is 166 Å². The summed E-state index contributed by atoms with van der Waals surface area (Å²) in [7, 11) is 1.28. The third-order valence-corrected chi connectivity index (χ3v) is 4.65. The lowest BCUT2D eigenvalue weighted by Gasteiger charge is -2.12. The van der Waals surface area contributed by atoms with Crippen LogP contribution in [-0.2, 0) is 4.74 Å². The second kappa shape index (κ2) is 7.20. The van der Waals surface area contributed by atoms with E-state index in [2.05, 4.69) is 5.10 Å². The fourth-order valence-corrected chi connectivity index (χ4v) is 3.13. The summed E-state index contributed by atoms with van der Waals surface area (Å²) in [6.07, 6.45) is 3.19. The van der Waals surface area contributed by atoms with E-state index in [4.69, 9.17) is 4.74 Å². The van der Waals surface area contributed by atoms with Gasteiger partial charge in [-0.05, 0) is 43.3 Å². The maximum atomic E-state index is 13.0. The maximum absolute atomic E-state index is 13.0. The molecule has 7 nitrogen and oxygen atoms in total. The van der Waals surface area contributed by atoms with Crippen molar-refractivity contribution in [2.24, 2.45) is 0 Å². The molecule has 2 heterocycles. The maximum Gasteiger partial charge on any atom is 0.341 e. The average Bonchev–Trinajstić information content (AvgIpc) is 3.09. The van der Waals surface area contributed by atoms with Gasteiger partial charge in [0.1, 0.15) is 11.3 Å². The van der Waals surface area contributed by atoms with Gasteiger partial charge in [0.2, 0.25) is 0 Å². The Morgan fingerprint density at radius 1 is 0.931 bits per heavy atom. The van der Waals surface area contributed by atoms with E-state index in [0.29, 0.717) is 16.9 Å². The van der Waals surface area contributed by atoms with Gasteiger partial charge in [0.05, 0.1) is 18.4 Å². The number of hydrogen-bond donors (Lipinski definition) is 0. The van der Waals surface area contributed by atoms with Crippen molar-refractivity contribution in [2.45, 2.75) is 6.92 Å². The number of fused-ring (bicyclic) bond motifs is 1. The molecule has 0 aromatic heterocycles. The third kappa shape index (κ3) is 3.23. The largest absolute Gasteiger partial charge is 0.465 e. The van der Waals surface area contributed by atoms with Crippen molar-refractivity contribution in [1.82, 2.24) is 14.3 Å². The Balaban J connectivity index is 1.94. The van der Waals surface area contributed by atoms with Crippen LogP contribution in [0.4, 0.5) is 0 Å². The highest BCUT2D eigenvalue weighted by atomic mass is 16.5. The van der Waals surface area contributed by atoms with E-state index in [1.165, 1.54) is 18.7 Å². The summed E-state index contributed by atoms with van der Waals surface area (Å²) in [4.78, 5) is 36.9. The molecule has 0 amide bonds. The van der Waals surface area contributed by atoms with Crippen LogP contribution in [0, 0.1) is 0 Å². The Kier molecular flexibility index (Phi) is 4.56. The predicted molar refractivity (Wildman–Crippen MR) is 107 cm³/mol. The molecule has 0 bridgehead atoms. The van der Waals surface area contributed by atoms with E-state index < -0.39 is 5.97 Å². The minimum absolute atomic E-state index is 0.0433. The number of ketones is 1. The summed E-state index contributed by atoms with van der Waals surface area (Å²) in [5, 5.41) is 4.37. The van der Waals surface area contributed by atoms with Gasteiger partial charge in [-0.3, -0.25) is 9.59 Å². The number of ether oxygens (including phenoxy) is 1. The van der Waals surface area contributed by atoms with Crippen molar-refractivity contribution in [3.63, 3.8) is 0 Å². The highest BCUT2D eigenvalue weighted by molar-refractivity contribution is 5.96. The molecule has 2 aliphatic heterocycles. The third-order valence-electron chi connectivity index (χ3n) is 4.65. The van der Waals surface area contributed by atoms with Crippen molar-refractivity contribution in [3.8, 4) is 22.6 Å². The molecule has 4 rings (SSSR count). The van der Waals surface area contributed by atoms with Crippen LogP contribution in [-0.4, -0.2) is 33.2 Å². The first-order chi connectivity index (χ1) is 14.0. The zero-order chi connectivity index (χ0) is 20.5. The first-order valence-electron chi connectivity index (χ1n) is 8.89. The van der Waals surface area contributed by atoms with Crippen molar-refractivity contribution in [1.29, 1.82) is 0 Å². The number of para-hydroxylation sites is 1. The van der Waals surface area contributed by atoms with Crippen molar-refractivity contribution in [3.05, 3.63) is 88.5 Å². The molecule has 2 aromatic rings. The first-order valence-corrected chi connectivity index (χ1v) is 8.89. The second-order valence-electron chi connectivity index (χ2n) is 6.49. The predicted octanol–water partition coefficient (Wildman–Crippen LogP) is 3.12. The van der Waals surface area contributed by atoms with Crippen LogP contribution in [0.3, 0.4) is 0 Å². The minimum Gasteiger partial charge on any atom is -0.465 e. The van der Waals surface area contributed by atoms with E-state index in [-0.39, 0.29) is 28.2 Å². The molecule has 0 spiro atoms. The molecule has 7 heteroatoms. The molecule has 0 atom stereocenters. The van der Waals surface area contributed by atoms with Gasteiger partial charge in [0.15, 0.2) is 5.78 Å². The lowest BCUT2D eigenvalue weighted by molar-refractivity contribution is 0.0600. The zero-order valence-corrected chi connectivity index (χ0v) is 15.8. The number of rotatable bonds is 4. The van der Waals surface area contributed by atoms with Gasteiger partial charge < -0.3 is 9.30 Å². The van der Waals surface area contributed by atoms with E-state index in [1.54, 1.807) is 65.5 Å². The van der Waals surface area contributed by atoms with Gasteiger partial charge in [-0.15, -0.1) is 0 Å². The lowest BCUT2D eigenvalue weighted by atomic mass is 10.1. The number of carbonyl (C=O) groups excluding carboxylic acids is 2. The summed E-state index contributed by atoms with van der Waals surface area (Å²) in [6.45, 7) is 1.49. The van der Waals surface area contributed by atoms with Crippen LogP contribution in [0.15, 0.2) is 71.8 Å². The number of nitrogens with zero attached hydrogens (tertiary/aromatic N) is 3. The average molecular weight is 387 g/mol. The molecule has 0 radical (unpaired) electrons. The molecule has 0 saturated heterocycles. The van der Waals surface area contributed by atoms with E-state index >= 15 is 0 Å². The van der Waals surface area contributed by atoms with Crippen LogP contribution in [0.1, 0.15) is 27.6 Å². The molecule has 2 aliphatic rings. The Morgan fingerprint density at radius 2 is 1.62 bits per heavy atom. The number of pyridine rings is 1. The van der Waals surface area contributed by atoms with Gasteiger partial charge in [0, 0.05) is 23.6 Å². The number of carbonyl (C=O) groups is 2. The summed E-state index contributed by atoms with van der Waals surface area (Å²) in [5.74, 6) is -0.638. The Bertz CT molecular complexity index is 1240. The number of Topliss-reactive ketones (excluding diaryl/α,β-unsaturated/α-hetero) is 1. The highest BCUT2D eigenvalue weighted by Crippen LogP contribution is 2.25. The number of benzene rings is 2. The molecular formula is C22H17N3O4. The van der Waals surface area contributed by atoms with Gasteiger partial charge in [0.25, 0.3) is 5.56 Å². The Morgan fingerprint density at radius 3 is 2.24 bits per heavy atom. The number of aromatic nitrogens is 3. The first kappa shape index (κ1) is 18.4. The van der Waals surface area contributed by atoms with E-state index in [9.17, 15) is 14.4 Å². The topological polar surface area (TPSA) is 83.2 Å². The van der Waals surface area contributed by atoms with Crippen LogP contribution in [0.2, 0.25) is 0 Å². The van der Waals surface area contributed by atoms with E-state index in [1.807, 2.05) is 6.07 Å². The number of esters is 1. The molecule has 0 unspecified atom stereocenters. The summed E-state index contributed by atoms with van der Waals surface area (Å²) in [5.41, 5.74) is 2.24. The van der Waals surface area contributed by atoms with Crippen molar-refractivity contribution >= 4 is 11.8 Å². The zero-order valence-electron chi connectivity index (χ0n) is 15.8. The summed E-state index contributed by atoms with van der Waals surface area (Å²) >= 11 is 0. The number of methoxy groups -OCH3 is 1. The second-order valence-corrected chi connectivity index (χ2v) is 6.49. The molecule has 0 N–H and O–H groups in total. The van der Waals surface area contributed by atoms with Gasteiger partial charge >= 0.3 is 5.97 Å². The summed E-state index contributed by atoms with van der Waals surface area (Å²) < 4.78 is 7.81. The van der Waals surface area contributed by atoms with Gasteiger partial charge in [-0.25, -0.2) is 4.79 Å². The molecular weight excluding hydrogens is 370 g/mol. The van der Waals surface area contributed by atoms with Crippen molar-refractivity contribution < 1.29 is 14.3 Å². The van der Waals surface area contributed by atoms with E-state index in [0.717, 1.165) is 0 Å². The normalized spacial score (nSPS) is 10.8. The Hall–Kier alpha value is -4.00. The molecule has 144 valence electrons. The highest BCUT2D eigenvalue weighted by Gasteiger charge is 2.25. The molecule has 29 heavy (non-hydrogen) atoms. The fraction of sp³-hybridized carbons (Fsp3) is 0.0909. The molecule has 0 saturated carbocycles. The smallest absolute Gasteiger partial charge is 0.341 e. The standard InChI is InChI=1S/C22H17N3O4/c1-14(26)15-8-10-16(11-9-15)24-12-18-20(19(13-24)22(28)29-2)23-25(21(18)27)17-6-4-3-5-7-17/h3-13H,1-2H3. The monoisotopic (exact) mass is 387 g/mol. The van der Waals surface area contributed by atoms with Gasteiger partial charge in [-0.1, -0.05) is 18.2 Å². The quantitative estimate of drug-likeness (QED) is 0.397. The number of hydrogen-bond acceptors (Lipinski definition) is 5. The molecule has 2 aromatic carbocycles. The fourth-order valence-electron chi connectivity index (χ4n) is 3.13. The van der Waals surface area contributed by atoms with Crippen LogP contribution < -0.4 is 5.56 Å². The minimum atomic E-state index is -0.595. The molecule has 0 fully saturated rings. The SMILES string of the molecule is COC(=O)c1cn(-c2ccc(C(C)=O)cc2)cc2c(=O)n(-c3ccccc3)nc1-2.